The molecular weight excluding hydrogens is 258 g/mol. The third-order valence-electron chi connectivity index (χ3n) is 3.57. The Morgan fingerprint density at radius 3 is 2.95 bits per heavy atom. The molecule has 1 heterocycles. The van der Waals surface area contributed by atoms with Gasteiger partial charge >= 0.3 is 0 Å². The molecule has 4 nitrogen and oxygen atoms in total. The molecular formula is C14H20N3OS+. The van der Waals surface area contributed by atoms with Crippen molar-refractivity contribution in [3.8, 4) is 6.07 Å². The van der Waals surface area contributed by atoms with Gasteiger partial charge in [0.25, 0.3) is 5.91 Å². The molecule has 1 aliphatic rings. The monoisotopic (exact) mass is 278 g/mol. The second-order valence-corrected chi connectivity index (χ2v) is 6.36. The molecule has 0 spiro atoms. The normalized spacial score (nSPS) is 19.2. The van der Waals surface area contributed by atoms with Crippen molar-refractivity contribution in [3.05, 3.63) is 22.4 Å². The maximum Gasteiger partial charge on any atom is 0.276 e. The lowest BCUT2D eigenvalue weighted by molar-refractivity contribution is -0.885. The number of nitriles is 1. The smallest absolute Gasteiger partial charge is 0.276 e. The van der Waals surface area contributed by atoms with Crippen LogP contribution in [-0.4, -0.2) is 25.0 Å². The van der Waals surface area contributed by atoms with E-state index in [0.29, 0.717) is 12.5 Å². The van der Waals surface area contributed by atoms with Gasteiger partial charge in [0.15, 0.2) is 6.54 Å². The molecule has 5 heteroatoms. The quantitative estimate of drug-likeness (QED) is 0.799. The topological polar surface area (TPSA) is 57.3 Å². The SMILES string of the molecule is C[NH+](CC(=O)N[C@](C)(C#N)C1CC1)Cc1ccsc1. The molecule has 1 unspecified atom stereocenters. The van der Waals surface area contributed by atoms with Gasteiger partial charge < -0.3 is 10.2 Å². The van der Waals surface area contributed by atoms with Crippen LogP contribution in [0.5, 0.6) is 0 Å². The fraction of sp³-hybridized carbons (Fsp3) is 0.571. The lowest BCUT2D eigenvalue weighted by Crippen LogP contribution is -3.09. The molecule has 1 aliphatic carbocycles. The van der Waals surface area contributed by atoms with E-state index in [1.54, 1.807) is 11.3 Å². The van der Waals surface area contributed by atoms with Crippen LogP contribution in [0.2, 0.25) is 0 Å². The van der Waals surface area contributed by atoms with E-state index in [1.165, 1.54) is 5.56 Å². The van der Waals surface area contributed by atoms with Crippen molar-refractivity contribution in [1.82, 2.24) is 5.32 Å². The number of thiophene rings is 1. The number of nitrogens with zero attached hydrogens (tertiary/aromatic N) is 1. The van der Waals surface area contributed by atoms with Crippen molar-refractivity contribution in [1.29, 1.82) is 5.26 Å². The molecule has 1 amide bonds. The van der Waals surface area contributed by atoms with E-state index in [0.717, 1.165) is 24.3 Å². The molecule has 19 heavy (non-hydrogen) atoms. The third kappa shape index (κ3) is 3.79. The maximum absolute atomic E-state index is 12.0. The zero-order chi connectivity index (χ0) is 13.9. The minimum absolute atomic E-state index is 0.0383. The minimum atomic E-state index is -0.681. The van der Waals surface area contributed by atoms with Gasteiger partial charge in [-0.3, -0.25) is 4.79 Å². The van der Waals surface area contributed by atoms with Crippen molar-refractivity contribution in [3.63, 3.8) is 0 Å². The summed E-state index contributed by atoms with van der Waals surface area (Å²) in [6.45, 7) is 3.07. The van der Waals surface area contributed by atoms with E-state index in [9.17, 15) is 10.1 Å². The Labute approximate surface area is 118 Å². The Morgan fingerprint density at radius 1 is 1.68 bits per heavy atom. The molecule has 1 fully saturated rings. The highest BCUT2D eigenvalue weighted by Gasteiger charge is 2.43. The summed E-state index contributed by atoms with van der Waals surface area (Å²) in [5, 5.41) is 16.3. The molecule has 2 atom stereocenters. The van der Waals surface area contributed by atoms with E-state index in [4.69, 9.17) is 0 Å². The number of nitrogens with one attached hydrogen (secondary N) is 2. The van der Waals surface area contributed by atoms with Gasteiger partial charge in [0.05, 0.1) is 13.1 Å². The Bertz CT molecular complexity index is 475. The summed E-state index contributed by atoms with van der Waals surface area (Å²) in [6.07, 6.45) is 2.09. The number of carbonyl (C=O) groups excluding carboxylic acids is 1. The van der Waals surface area contributed by atoms with Gasteiger partial charge in [-0.1, -0.05) is 0 Å². The van der Waals surface area contributed by atoms with Crippen molar-refractivity contribution >= 4 is 17.2 Å². The van der Waals surface area contributed by atoms with Crippen molar-refractivity contribution < 1.29 is 9.69 Å². The summed E-state index contributed by atoms with van der Waals surface area (Å²) in [7, 11) is 2.00. The summed E-state index contributed by atoms with van der Waals surface area (Å²) < 4.78 is 0. The van der Waals surface area contributed by atoms with Crippen LogP contribution < -0.4 is 10.2 Å². The summed E-state index contributed by atoms with van der Waals surface area (Å²) in [4.78, 5) is 13.1. The first-order valence-electron chi connectivity index (χ1n) is 6.58. The number of amides is 1. The third-order valence-corrected chi connectivity index (χ3v) is 4.31. The van der Waals surface area contributed by atoms with E-state index in [-0.39, 0.29) is 5.91 Å². The lowest BCUT2D eigenvalue weighted by atomic mass is 9.98. The van der Waals surface area contributed by atoms with E-state index in [1.807, 2.05) is 19.4 Å². The minimum Gasteiger partial charge on any atom is -0.333 e. The highest BCUT2D eigenvalue weighted by atomic mass is 32.1. The van der Waals surface area contributed by atoms with Crippen molar-refractivity contribution in [2.75, 3.05) is 13.6 Å². The van der Waals surface area contributed by atoms with E-state index >= 15 is 0 Å². The number of likely N-dealkylation sites (N-methyl/N-ethyl adjacent to an activating group) is 1. The number of carbonyl (C=O) groups is 1. The molecule has 2 N–H and O–H groups in total. The first-order chi connectivity index (χ1) is 9.03. The van der Waals surface area contributed by atoms with Crippen LogP contribution in [0.25, 0.3) is 0 Å². The number of hydrogen-bond acceptors (Lipinski definition) is 3. The summed E-state index contributed by atoms with van der Waals surface area (Å²) >= 11 is 1.67. The van der Waals surface area contributed by atoms with Gasteiger partial charge in [0.2, 0.25) is 0 Å². The van der Waals surface area contributed by atoms with Gasteiger partial charge in [-0.05, 0) is 42.5 Å². The first-order valence-corrected chi connectivity index (χ1v) is 7.52. The van der Waals surface area contributed by atoms with Gasteiger partial charge in [-0.15, -0.1) is 0 Å². The fourth-order valence-corrected chi connectivity index (χ4v) is 2.96. The highest BCUT2D eigenvalue weighted by molar-refractivity contribution is 7.07. The first kappa shape index (κ1) is 14.0. The van der Waals surface area contributed by atoms with E-state index < -0.39 is 5.54 Å². The molecule has 1 saturated carbocycles. The zero-order valence-electron chi connectivity index (χ0n) is 11.4. The molecule has 0 aromatic carbocycles. The van der Waals surface area contributed by atoms with Crippen LogP contribution in [-0.2, 0) is 11.3 Å². The standard InChI is InChI=1S/C14H19N3OS/c1-14(10-15,12-3-4-12)16-13(18)8-17(2)7-11-5-6-19-9-11/h5-6,9,12H,3-4,7-8H2,1-2H3,(H,16,18)/p+1/t14-/m1/s1. The fourth-order valence-electron chi connectivity index (χ4n) is 2.29. The Balaban J connectivity index is 1.82. The lowest BCUT2D eigenvalue weighted by Gasteiger charge is -2.23. The summed E-state index contributed by atoms with van der Waals surface area (Å²) in [5.74, 6) is 0.294. The van der Waals surface area contributed by atoms with Crippen LogP contribution >= 0.6 is 11.3 Å². The zero-order valence-corrected chi connectivity index (χ0v) is 12.2. The predicted octanol–water partition coefficient (Wildman–Crippen LogP) is 0.571. The molecule has 1 aromatic heterocycles. The van der Waals surface area contributed by atoms with Crippen LogP contribution in [0.1, 0.15) is 25.3 Å². The number of hydrogen-bond donors (Lipinski definition) is 2. The maximum atomic E-state index is 12.0. The van der Waals surface area contributed by atoms with Crippen LogP contribution in [0.15, 0.2) is 16.8 Å². The molecule has 0 bridgehead atoms. The van der Waals surface area contributed by atoms with Gasteiger partial charge in [0, 0.05) is 5.56 Å². The average Bonchev–Trinajstić information content (AvgIpc) is 3.10. The largest absolute Gasteiger partial charge is 0.333 e. The summed E-state index contributed by atoms with van der Waals surface area (Å²) in [5.41, 5.74) is 0.570. The molecule has 1 aromatic rings. The Hall–Kier alpha value is -1.38. The number of quaternary nitrogens is 1. The van der Waals surface area contributed by atoms with Gasteiger partial charge in [0.1, 0.15) is 12.1 Å². The van der Waals surface area contributed by atoms with Crippen molar-refractivity contribution in [2.45, 2.75) is 31.8 Å². The predicted molar refractivity (Wildman–Crippen MR) is 74.7 cm³/mol. The highest BCUT2D eigenvalue weighted by Crippen LogP contribution is 2.39. The Morgan fingerprint density at radius 2 is 2.42 bits per heavy atom. The molecule has 0 saturated heterocycles. The second-order valence-electron chi connectivity index (χ2n) is 5.58. The Kier molecular flexibility index (Phi) is 4.23. The van der Waals surface area contributed by atoms with E-state index in [2.05, 4.69) is 22.8 Å². The average molecular weight is 278 g/mol. The van der Waals surface area contributed by atoms with Crippen molar-refractivity contribution in [2.24, 2.45) is 5.92 Å². The van der Waals surface area contributed by atoms with Crippen LogP contribution in [0.3, 0.4) is 0 Å². The summed E-state index contributed by atoms with van der Waals surface area (Å²) in [6, 6.07) is 4.33. The van der Waals surface area contributed by atoms with Gasteiger partial charge in [-0.25, -0.2) is 0 Å². The molecule has 0 aliphatic heterocycles. The van der Waals surface area contributed by atoms with Gasteiger partial charge in [-0.2, -0.15) is 16.6 Å². The second kappa shape index (κ2) is 5.72. The molecule has 102 valence electrons. The molecule has 2 rings (SSSR count). The van der Waals surface area contributed by atoms with Crippen LogP contribution in [0.4, 0.5) is 0 Å². The van der Waals surface area contributed by atoms with Crippen LogP contribution in [0, 0.1) is 17.2 Å². The molecule has 0 radical (unpaired) electrons. The number of rotatable bonds is 6.